The Hall–Kier alpha value is -0.930. The Bertz CT molecular complexity index is 639. The molecule has 0 N–H and O–H groups in total. The van der Waals surface area contributed by atoms with E-state index in [0.29, 0.717) is 16.9 Å². The molecule has 0 amide bonds. The van der Waals surface area contributed by atoms with Gasteiger partial charge in [0, 0.05) is 5.56 Å². The normalized spacial score (nSPS) is 11.2. The first kappa shape index (κ1) is 15.5. The quantitative estimate of drug-likeness (QED) is 0.693. The Morgan fingerprint density at radius 2 is 1.90 bits per heavy atom. The van der Waals surface area contributed by atoms with Crippen molar-refractivity contribution in [3.8, 4) is 11.4 Å². The summed E-state index contributed by atoms with van der Waals surface area (Å²) in [6, 6.07) is 6.29. The van der Waals surface area contributed by atoms with E-state index in [0.717, 1.165) is 27.7 Å². The molecule has 0 fully saturated rings. The van der Waals surface area contributed by atoms with Crippen molar-refractivity contribution < 1.29 is 0 Å². The predicted molar refractivity (Wildman–Crippen MR) is 88.2 cm³/mol. The summed E-state index contributed by atoms with van der Waals surface area (Å²) in [4.78, 5) is 9.12. The largest absolute Gasteiger partial charge is 0.232 e. The van der Waals surface area contributed by atoms with Gasteiger partial charge >= 0.3 is 0 Å². The highest BCUT2D eigenvalue weighted by atomic mass is 79.9. The number of aryl methyl sites for hydroxylation is 2. The van der Waals surface area contributed by atoms with Gasteiger partial charge in [0.05, 0.1) is 10.2 Å². The van der Waals surface area contributed by atoms with E-state index >= 15 is 0 Å². The number of halogens is 2. The molecule has 0 aliphatic carbocycles. The molecule has 2 nitrogen and oxygen atoms in total. The van der Waals surface area contributed by atoms with Crippen molar-refractivity contribution in [1.29, 1.82) is 0 Å². The third-order valence-electron chi connectivity index (χ3n) is 3.11. The minimum Gasteiger partial charge on any atom is -0.232 e. The maximum atomic E-state index is 6.25. The van der Waals surface area contributed by atoms with Crippen LogP contribution in [-0.2, 0) is 6.42 Å². The van der Waals surface area contributed by atoms with Crippen molar-refractivity contribution in [1.82, 2.24) is 9.97 Å². The molecule has 0 saturated carbocycles. The van der Waals surface area contributed by atoms with Crippen molar-refractivity contribution in [2.45, 2.75) is 34.1 Å². The second-order valence-corrected chi connectivity index (χ2v) is 6.67. The number of nitrogens with zero attached hydrogens (tertiary/aromatic N) is 2. The lowest BCUT2D eigenvalue weighted by atomic mass is 10.0. The van der Waals surface area contributed by atoms with Crippen LogP contribution in [0.4, 0.5) is 0 Å². The standard InChI is InChI=1S/C16H18BrClN2/c1-9(2)7-13-14(17)15(18)20-16(19-13)12-8-10(3)5-6-11(12)4/h5-6,8-9H,7H2,1-4H3. The van der Waals surface area contributed by atoms with Crippen molar-refractivity contribution >= 4 is 27.5 Å². The lowest BCUT2D eigenvalue weighted by Crippen LogP contribution is -2.03. The number of hydrogen-bond acceptors (Lipinski definition) is 2. The van der Waals surface area contributed by atoms with Gasteiger partial charge in [-0.25, -0.2) is 9.97 Å². The number of aromatic nitrogens is 2. The molecule has 1 aromatic carbocycles. The second-order valence-electron chi connectivity index (χ2n) is 5.52. The average molecular weight is 354 g/mol. The first-order valence-electron chi connectivity index (χ1n) is 6.68. The van der Waals surface area contributed by atoms with Gasteiger partial charge in [-0.1, -0.05) is 43.1 Å². The zero-order chi connectivity index (χ0) is 14.9. The molecule has 106 valence electrons. The minimum absolute atomic E-state index is 0.478. The van der Waals surface area contributed by atoms with Gasteiger partial charge in [0.15, 0.2) is 5.82 Å². The number of benzene rings is 1. The third-order valence-corrected chi connectivity index (χ3v) is 4.45. The molecule has 0 radical (unpaired) electrons. The van der Waals surface area contributed by atoms with Crippen molar-refractivity contribution in [2.75, 3.05) is 0 Å². The van der Waals surface area contributed by atoms with E-state index in [4.69, 9.17) is 16.6 Å². The topological polar surface area (TPSA) is 25.8 Å². The summed E-state index contributed by atoms with van der Waals surface area (Å²) < 4.78 is 0.807. The van der Waals surface area contributed by atoms with E-state index in [2.05, 4.69) is 66.8 Å². The summed E-state index contributed by atoms with van der Waals surface area (Å²) in [5, 5.41) is 0.478. The summed E-state index contributed by atoms with van der Waals surface area (Å²) in [7, 11) is 0. The van der Waals surface area contributed by atoms with Gasteiger partial charge in [-0.05, 0) is 53.7 Å². The van der Waals surface area contributed by atoms with E-state index in [1.54, 1.807) is 0 Å². The van der Waals surface area contributed by atoms with Gasteiger partial charge in [-0.3, -0.25) is 0 Å². The molecule has 2 rings (SSSR count). The highest BCUT2D eigenvalue weighted by Crippen LogP contribution is 2.30. The smallest absolute Gasteiger partial charge is 0.161 e. The van der Waals surface area contributed by atoms with E-state index in [-0.39, 0.29) is 0 Å². The molecule has 0 saturated heterocycles. The Labute approximate surface area is 133 Å². The van der Waals surface area contributed by atoms with Crippen LogP contribution in [0.3, 0.4) is 0 Å². The van der Waals surface area contributed by atoms with Crippen LogP contribution in [0, 0.1) is 19.8 Å². The van der Waals surface area contributed by atoms with Crippen molar-refractivity contribution in [3.05, 3.63) is 44.6 Å². The molecule has 20 heavy (non-hydrogen) atoms. The summed E-state index contributed by atoms with van der Waals surface area (Å²) in [5.41, 5.74) is 4.36. The molecule has 0 unspecified atom stereocenters. The van der Waals surface area contributed by atoms with Crippen LogP contribution in [0.1, 0.15) is 30.7 Å². The lowest BCUT2D eigenvalue weighted by Gasteiger charge is -2.12. The van der Waals surface area contributed by atoms with Crippen molar-refractivity contribution in [3.63, 3.8) is 0 Å². The summed E-state index contributed by atoms with van der Waals surface area (Å²) >= 11 is 9.74. The summed E-state index contributed by atoms with van der Waals surface area (Å²) in [6.45, 7) is 8.47. The van der Waals surface area contributed by atoms with Crippen LogP contribution in [0.25, 0.3) is 11.4 Å². The van der Waals surface area contributed by atoms with Gasteiger partial charge in [-0.15, -0.1) is 0 Å². The fourth-order valence-electron chi connectivity index (χ4n) is 2.08. The Morgan fingerprint density at radius 1 is 1.20 bits per heavy atom. The Balaban J connectivity index is 2.57. The molecule has 1 aromatic heterocycles. The van der Waals surface area contributed by atoms with Crippen LogP contribution in [-0.4, -0.2) is 9.97 Å². The summed E-state index contributed by atoms with van der Waals surface area (Å²) in [5.74, 6) is 1.22. The third kappa shape index (κ3) is 3.39. The zero-order valence-electron chi connectivity index (χ0n) is 12.2. The minimum atomic E-state index is 0.478. The van der Waals surface area contributed by atoms with E-state index in [9.17, 15) is 0 Å². The van der Waals surface area contributed by atoms with Crippen molar-refractivity contribution in [2.24, 2.45) is 5.92 Å². The Morgan fingerprint density at radius 3 is 2.55 bits per heavy atom. The molecule has 2 aromatic rings. The van der Waals surface area contributed by atoms with Crippen LogP contribution >= 0.6 is 27.5 Å². The number of rotatable bonds is 3. The fourth-order valence-corrected chi connectivity index (χ4v) is 2.61. The van der Waals surface area contributed by atoms with Gasteiger partial charge < -0.3 is 0 Å². The van der Waals surface area contributed by atoms with Gasteiger partial charge in [0.1, 0.15) is 5.15 Å². The molecule has 0 aliphatic heterocycles. The molecule has 0 atom stereocenters. The lowest BCUT2D eigenvalue weighted by molar-refractivity contribution is 0.632. The maximum Gasteiger partial charge on any atom is 0.161 e. The second kappa shape index (κ2) is 6.23. The molecule has 1 heterocycles. The molecule has 4 heteroatoms. The van der Waals surface area contributed by atoms with Gasteiger partial charge in [-0.2, -0.15) is 0 Å². The number of hydrogen-bond donors (Lipinski definition) is 0. The van der Waals surface area contributed by atoms with Crippen LogP contribution in [0.5, 0.6) is 0 Å². The highest BCUT2D eigenvalue weighted by molar-refractivity contribution is 9.10. The first-order valence-corrected chi connectivity index (χ1v) is 7.85. The first-order chi connectivity index (χ1) is 9.38. The predicted octanol–water partition coefficient (Wildman–Crippen LogP) is 5.37. The van der Waals surface area contributed by atoms with Crippen LogP contribution in [0.15, 0.2) is 22.7 Å². The average Bonchev–Trinajstić information content (AvgIpc) is 2.37. The SMILES string of the molecule is Cc1ccc(C)c(-c2nc(Cl)c(Br)c(CC(C)C)n2)c1. The Kier molecular flexibility index (Phi) is 4.82. The zero-order valence-corrected chi connectivity index (χ0v) is 14.5. The molecular weight excluding hydrogens is 336 g/mol. The van der Waals surface area contributed by atoms with E-state index < -0.39 is 0 Å². The fraction of sp³-hybridized carbons (Fsp3) is 0.375. The van der Waals surface area contributed by atoms with E-state index in [1.807, 2.05) is 0 Å². The van der Waals surface area contributed by atoms with Crippen LogP contribution < -0.4 is 0 Å². The van der Waals surface area contributed by atoms with Gasteiger partial charge in [0.25, 0.3) is 0 Å². The molecular formula is C16H18BrClN2. The molecule has 0 aliphatic rings. The molecule has 0 spiro atoms. The maximum absolute atomic E-state index is 6.25. The van der Waals surface area contributed by atoms with Crippen LogP contribution in [0.2, 0.25) is 5.15 Å². The monoisotopic (exact) mass is 352 g/mol. The van der Waals surface area contributed by atoms with Gasteiger partial charge in [0.2, 0.25) is 0 Å². The van der Waals surface area contributed by atoms with E-state index in [1.165, 1.54) is 5.56 Å². The summed E-state index contributed by atoms with van der Waals surface area (Å²) in [6.07, 6.45) is 0.876. The molecule has 0 bridgehead atoms. The highest BCUT2D eigenvalue weighted by Gasteiger charge is 2.14.